The molecule has 0 saturated heterocycles. The van der Waals surface area contributed by atoms with Crippen LogP contribution in [-0.4, -0.2) is 25.8 Å². The minimum absolute atomic E-state index is 0.165. The van der Waals surface area contributed by atoms with Crippen molar-refractivity contribution in [3.8, 4) is 0 Å². The first-order chi connectivity index (χ1) is 8.71. The lowest BCUT2D eigenvalue weighted by Crippen LogP contribution is -2.45. The van der Waals surface area contributed by atoms with E-state index in [2.05, 4.69) is 31.4 Å². The second kappa shape index (κ2) is 6.18. The largest absolute Gasteiger partial charge is 0.378 e. The van der Waals surface area contributed by atoms with Crippen LogP contribution in [0.15, 0.2) is 12.1 Å². The first-order valence-electron chi connectivity index (χ1n) is 7.01. The summed E-state index contributed by atoms with van der Waals surface area (Å²) in [7, 11) is 3.94. The molecule has 18 heavy (non-hydrogen) atoms. The zero-order chi connectivity index (χ0) is 13.0. The van der Waals surface area contributed by atoms with Crippen LogP contribution in [0.25, 0.3) is 0 Å². The summed E-state index contributed by atoms with van der Waals surface area (Å²) < 4.78 is 5.73. The number of methoxy groups -OCH3 is 1. The maximum Gasteiger partial charge on any atom is 0.0693 e. The average molecular weight is 267 g/mol. The van der Waals surface area contributed by atoms with Gasteiger partial charge >= 0.3 is 0 Å². The van der Waals surface area contributed by atoms with Crippen LogP contribution in [0.3, 0.4) is 0 Å². The molecule has 1 N–H and O–H groups in total. The molecule has 0 amide bonds. The van der Waals surface area contributed by atoms with Gasteiger partial charge in [0.15, 0.2) is 0 Å². The highest BCUT2D eigenvalue weighted by molar-refractivity contribution is 7.11. The number of thiophene rings is 1. The van der Waals surface area contributed by atoms with Crippen LogP contribution in [0.4, 0.5) is 0 Å². The molecule has 0 radical (unpaired) electrons. The second-order valence-electron chi connectivity index (χ2n) is 5.36. The van der Waals surface area contributed by atoms with E-state index in [1.165, 1.54) is 29.0 Å². The molecule has 0 spiro atoms. The summed E-state index contributed by atoms with van der Waals surface area (Å²) in [5.74, 6) is 0. The van der Waals surface area contributed by atoms with Crippen molar-refractivity contribution in [1.29, 1.82) is 0 Å². The highest BCUT2D eigenvalue weighted by Gasteiger charge is 2.38. The lowest BCUT2D eigenvalue weighted by atomic mass is 9.75. The van der Waals surface area contributed by atoms with Crippen molar-refractivity contribution in [2.24, 2.45) is 0 Å². The maximum absolute atomic E-state index is 5.73. The third-order valence-corrected chi connectivity index (χ3v) is 5.49. The van der Waals surface area contributed by atoms with Gasteiger partial charge in [0.1, 0.15) is 0 Å². The molecule has 1 aliphatic rings. The van der Waals surface area contributed by atoms with Crippen LogP contribution in [0.2, 0.25) is 0 Å². The number of rotatable bonds is 7. The lowest BCUT2D eigenvalue weighted by molar-refractivity contribution is -0.0830. The van der Waals surface area contributed by atoms with Crippen LogP contribution >= 0.6 is 11.3 Å². The Kier molecular flexibility index (Phi) is 4.82. The van der Waals surface area contributed by atoms with Gasteiger partial charge in [-0.15, -0.1) is 11.3 Å². The van der Waals surface area contributed by atoms with Crippen molar-refractivity contribution in [3.05, 3.63) is 21.9 Å². The minimum atomic E-state index is 0.165. The Bertz CT molecular complexity index is 365. The van der Waals surface area contributed by atoms with Crippen LogP contribution < -0.4 is 5.32 Å². The second-order valence-corrected chi connectivity index (χ2v) is 6.61. The molecule has 1 saturated carbocycles. The highest BCUT2D eigenvalue weighted by Crippen LogP contribution is 2.39. The van der Waals surface area contributed by atoms with E-state index in [0.29, 0.717) is 6.04 Å². The number of hydrogen-bond donors (Lipinski definition) is 1. The maximum atomic E-state index is 5.73. The summed E-state index contributed by atoms with van der Waals surface area (Å²) in [5.41, 5.74) is 0.165. The summed E-state index contributed by atoms with van der Waals surface area (Å²) in [4.78, 5) is 2.99. The fourth-order valence-corrected chi connectivity index (χ4v) is 3.79. The molecule has 0 aromatic carbocycles. The molecule has 1 aromatic rings. The highest BCUT2D eigenvalue weighted by atomic mass is 32.1. The van der Waals surface area contributed by atoms with E-state index in [1.54, 1.807) is 0 Å². The molecular formula is C15H25NOS. The number of nitrogens with one attached hydrogen (secondary N) is 1. The van der Waals surface area contributed by atoms with E-state index >= 15 is 0 Å². The van der Waals surface area contributed by atoms with E-state index in [-0.39, 0.29) is 5.60 Å². The van der Waals surface area contributed by atoms with Gasteiger partial charge in [-0.3, -0.25) is 0 Å². The van der Waals surface area contributed by atoms with Gasteiger partial charge in [-0.2, -0.15) is 0 Å². The van der Waals surface area contributed by atoms with Crippen LogP contribution in [-0.2, 0) is 17.6 Å². The molecule has 1 aliphatic carbocycles. The average Bonchev–Trinajstić information content (AvgIpc) is 2.80. The first kappa shape index (κ1) is 14.0. The van der Waals surface area contributed by atoms with E-state index < -0.39 is 0 Å². The quantitative estimate of drug-likeness (QED) is 0.817. The monoisotopic (exact) mass is 267 g/mol. The zero-order valence-electron chi connectivity index (χ0n) is 11.8. The number of hydrogen-bond acceptors (Lipinski definition) is 3. The van der Waals surface area contributed by atoms with Crippen LogP contribution in [0.1, 0.15) is 42.4 Å². The van der Waals surface area contributed by atoms with Crippen molar-refractivity contribution in [2.45, 2.75) is 57.1 Å². The number of aryl methyl sites for hydroxylation is 1. The van der Waals surface area contributed by atoms with E-state index in [1.807, 2.05) is 18.4 Å². The minimum Gasteiger partial charge on any atom is -0.378 e. The Morgan fingerprint density at radius 1 is 1.39 bits per heavy atom. The first-order valence-corrected chi connectivity index (χ1v) is 7.83. The molecule has 2 nitrogen and oxygen atoms in total. The summed E-state index contributed by atoms with van der Waals surface area (Å²) in [5, 5.41) is 3.46. The fourth-order valence-electron chi connectivity index (χ4n) is 2.75. The Morgan fingerprint density at radius 3 is 2.56 bits per heavy atom. The van der Waals surface area contributed by atoms with Crippen molar-refractivity contribution < 1.29 is 4.74 Å². The standard InChI is InChI=1S/C15H25NOS/c1-4-13-6-7-14(18-13)10-12(16-2)11-15(17-3)8-5-9-15/h6-7,12,16H,4-5,8-11H2,1-3H3. The molecule has 102 valence electrons. The van der Waals surface area contributed by atoms with E-state index in [4.69, 9.17) is 4.74 Å². The topological polar surface area (TPSA) is 21.3 Å². The van der Waals surface area contributed by atoms with Crippen LogP contribution in [0.5, 0.6) is 0 Å². The molecule has 1 fully saturated rings. The Labute approximate surface area is 115 Å². The van der Waals surface area contributed by atoms with Crippen LogP contribution in [0, 0.1) is 0 Å². The predicted molar refractivity (Wildman–Crippen MR) is 78.5 cm³/mol. The summed E-state index contributed by atoms with van der Waals surface area (Å²) >= 11 is 1.95. The Hall–Kier alpha value is -0.380. The molecule has 0 aliphatic heterocycles. The molecule has 2 rings (SSSR count). The number of likely N-dealkylation sites (N-methyl/N-ethyl adjacent to an activating group) is 1. The van der Waals surface area contributed by atoms with Crippen molar-refractivity contribution in [2.75, 3.05) is 14.2 Å². The van der Waals surface area contributed by atoms with Crippen molar-refractivity contribution in [3.63, 3.8) is 0 Å². The molecule has 1 heterocycles. The Morgan fingerprint density at radius 2 is 2.11 bits per heavy atom. The molecule has 0 bridgehead atoms. The van der Waals surface area contributed by atoms with Gasteiger partial charge in [0.25, 0.3) is 0 Å². The van der Waals surface area contributed by atoms with Gasteiger partial charge in [0.05, 0.1) is 5.60 Å². The third-order valence-electron chi connectivity index (χ3n) is 4.24. The SMILES string of the molecule is CCc1ccc(CC(CC2(OC)CCC2)NC)s1. The molecule has 1 atom stereocenters. The predicted octanol–water partition coefficient (Wildman–Crippen LogP) is 3.40. The normalized spacial score (nSPS) is 19.5. The Balaban J connectivity index is 1.92. The fraction of sp³-hybridized carbons (Fsp3) is 0.733. The van der Waals surface area contributed by atoms with Gasteiger partial charge in [-0.1, -0.05) is 6.92 Å². The summed E-state index contributed by atoms with van der Waals surface area (Å²) in [6.45, 7) is 2.22. The summed E-state index contributed by atoms with van der Waals surface area (Å²) in [6, 6.07) is 5.09. The smallest absolute Gasteiger partial charge is 0.0693 e. The van der Waals surface area contributed by atoms with Crippen molar-refractivity contribution in [1.82, 2.24) is 5.32 Å². The van der Waals surface area contributed by atoms with Gasteiger partial charge in [-0.05, 0) is 57.7 Å². The van der Waals surface area contributed by atoms with E-state index in [9.17, 15) is 0 Å². The number of ether oxygens (including phenoxy) is 1. The lowest BCUT2D eigenvalue weighted by Gasteiger charge is -2.42. The zero-order valence-corrected chi connectivity index (χ0v) is 12.6. The van der Waals surface area contributed by atoms with Gasteiger partial charge in [-0.25, -0.2) is 0 Å². The molecule has 1 aromatic heterocycles. The van der Waals surface area contributed by atoms with E-state index in [0.717, 1.165) is 19.3 Å². The molecular weight excluding hydrogens is 242 g/mol. The van der Waals surface area contributed by atoms with Gasteiger partial charge in [0, 0.05) is 22.9 Å². The van der Waals surface area contributed by atoms with Gasteiger partial charge in [0.2, 0.25) is 0 Å². The summed E-state index contributed by atoms with van der Waals surface area (Å²) in [6.07, 6.45) is 7.20. The van der Waals surface area contributed by atoms with Gasteiger partial charge < -0.3 is 10.1 Å². The molecule has 1 unspecified atom stereocenters. The third kappa shape index (κ3) is 3.14. The molecule has 3 heteroatoms. The van der Waals surface area contributed by atoms with Crippen molar-refractivity contribution >= 4 is 11.3 Å².